The Bertz CT molecular complexity index is 1370. The molecule has 0 bridgehead atoms. The van der Waals surface area contributed by atoms with Gasteiger partial charge in [0.1, 0.15) is 17.5 Å². The Morgan fingerprint density at radius 2 is 1.62 bits per heavy atom. The second-order valence-electron chi connectivity index (χ2n) is 8.54. The molecule has 0 aromatic heterocycles. The summed E-state index contributed by atoms with van der Waals surface area (Å²) in [5, 5.41) is 1.69. The Morgan fingerprint density at radius 1 is 1.02 bits per heavy atom. The fourth-order valence-electron chi connectivity index (χ4n) is 3.53. The minimum Gasteiger partial charge on any atom is -0.349 e. The van der Waals surface area contributed by atoms with Crippen molar-refractivity contribution in [3.8, 4) is 0 Å². The maximum atomic E-state index is 14.9. The van der Waals surface area contributed by atoms with Gasteiger partial charge in [-0.2, -0.15) is 39.5 Å². The molecule has 0 aliphatic rings. The molecular formula is C23H17BrClF10NO3S. The first-order chi connectivity index (χ1) is 18.0. The van der Waals surface area contributed by atoms with Gasteiger partial charge in [-0.1, -0.05) is 33.6 Å². The normalized spacial score (nSPS) is 15.1. The quantitative estimate of drug-likeness (QED) is 0.287. The van der Waals surface area contributed by atoms with Crippen LogP contribution in [0.2, 0.25) is 5.02 Å². The summed E-state index contributed by atoms with van der Waals surface area (Å²) < 4.78 is 158. The van der Waals surface area contributed by atoms with Crippen LogP contribution in [0.3, 0.4) is 0 Å². The monoisotopic (exact) mass is 691 g/mol. The smallest absolute Gasteiger partial charge is 0.349 e. The first-order valence-corrected chi connectivity index (χ1v) is 13.7. The number of hydrogen-bond donors (Lipinski definition) is 1. The first-order valence-electron chi connectivity index (χ1n) is 10.7. The van der Waals surface area contributed by atoms with Crippen LogP contribution in [0, 0.1) is 0 Å². The number of benzene rings is 2. The van der Waals surface area contributed by atoms with E-state index in [1.165, 1.54) is 6.07 Å². The molecule has 2 rings (SSSR count). The van der Waals surface area contributed by atoms with Gasteiger partial charge in [-0.3, -0.25) is 4.79 Å². The number of carbonyl (C=O) groups excluding carboxylic acids is 1. The van der Waals surface area contributed by atoms with Crippen LogP contribution in [0.25, 0.3) is 5.83 Å². The van der Waals surface area contributed by atoms with Gasteiger partial charge in [0.15, 0.2) is 9.84 Å². The topological polar surface area (TPSA) is 63.2 Å². The number of amides is 1. The maximum absolute atomic E-state index is 14.9. The largest absolute Gasteiger partial charge is 0.417 e. The molecule has 222 valence electrons. The van der Waals surface area contributed by atoms with Crippen LogP contribution in [0.1, 0.15) is 39.9 Å². The average molecular weight is 693 g/mol. The van der Waals surface area contributed by atoms with Gasteiger partial charge < -0.3 is 5.32 Å². The van der Waals surface area contributed by atoms with Crippen molar-refractivity contribution < 1.29 is 57.1 Å². The summed E-state index contributed by atoms with van der Waals surface area (Å²) in [5.74, 6) is -9.39. The summed E-state index contributed by atoms with van der Waals surface area (Å²) in [5.41, 5.74) is -4.45. The number of nitrogens with one attached hydrogen (secondary N) is 1. The molecule has 0 aliphatic heterocycles. The molecule has 2 atom stereocenters. The molecule has 1 amide bonds. The van der Waals surface area contributed by atoms with E-state index in [2.05, 4.69) is 15.9 Å². The zero-order valence-electron chi connectivity index (χ0n) is 19.8. The zero-order chi connectivity index (χ0) is 30.8. The van der Waals surface area contributed by atoms with Crippen LogP contribution in [0.15, 0.2) is 46.9 Å². The number of hydrogen-bond acceptors (Lipinski definition) is 3. The van der Waals surface area contributed by atoms with Crippen molar-refractivity contribution in [2.45, 2.75) is 37.4 Å². The van der Waals surface area contributed by atoms with E-state index < -0.39 is 85.8 Å². The minimum atomic E-state index is -5.34. The predicted octanol–water partition coefficient (Wildman–Crippen LogP) is 7.87. The highest BCUT2D eigenvalue weighted by Crippen LogP contribution is 2.41. The highest BCUT2D eigenvalue weighted by molar-refractivity contribution is 9.10. The van der Waals surface area contributed by atoms with Crippen molar-refractivity contribution >= 4 is 49.1 Å². The molecule has 1 N–H and O–H groups in total. The number of sulfone groups is 1. The molecule has 0 fully saturated rings. The summed E-state index contributed by atoms with van der Waals surface area (Å²) >= 11 is 8.70. The summed E-state index contributed by atoms with van der Waals surface area (Å²) in [6.07, 6.45) is -15.5. The molecule has 1 unspecified atom stereocenters. The van der Waals surface area contributed by atoms with Crippen LogP contribution in [-0.2, 0) is 16.0 Å². The fraction of sp³-hybridized carbons (Fsp3) is 0.348. The summed E-state index contributed by atoms with van der Waals surface area (Å²) in [6, 6.07) is 2.66. The molecule has 40 heavy (non-hydrogen) atoms. The summed E-state index contributed by atoms with van der Waals surface area (Å²) in [4.78, 5) is 12.4. The lowest BCUT2D eigenvalue weighted by Crippen LogP contribution is -2.40. The van der Waals surface area contributed by atoms with Gasteiger partial charge in [-0.05, 0) is 48.9 Å². The number of alkyl halides is 9. The molecule has 0 radical (unpaired) electrons. The van der Waals surface area contributed by atoms with E-state index in [0.29, 0.717) is 12.1 Å². The van der Waals surface area contributed by atoms with Crippen molar-refractivity contribution in [2.24, 2.45) is 0 Å². The highest BCUT2D eigenvalue weighted by atomic mass is 79.9. The molecule has 0 saturated heterocycles. The lowest BCUT2D eigenvalue weighted by molar-refractivity contribution is -0.140. The van der Waals surface area contributed by atoms with Gasteiger partial charge >= 0.3 is 18.5 Å². The van der Waals surface area contributed by atoms with Gasteiger partial charge in [-0.25, -0.2) is 12.8 Å². The van der Waals surface area contributed by atoms with E-state index in [0.717, 1.165) is 19.1 Å². The SMILES string of the molecule is C[C@H](CS(=O)(=O)CC(F)(F)F)NC(=O)c1ccc(/C(F)=C/C(c2cc(Cl)cc(Br)c2)C(F)(F)F)cc1C(F)(F)F. The molecular weight excluding hydrogens is 676 g/mol. The number of allylic oxidation sites excluding steroid dienone is 1. The zero-order valence-corrected chi connectivity index (χ0v) is 22.9. The standard InChI is InChI=1S/C23H17BrClF10NO3S/c1-11(9-40(38,39)10-21(27,28)29)36-20(37)16-3-2-12(6-18(16)23(33,34)35)19(26)8-17(22(30,31)32)13-4-14(24)7-15(25)5-13/h2-8,11,17H,9-10H2,1H3,(H,36,37)/b19-8-/t11-,17?/m1/s1. The van der Waals surface area contributed by atoms with Gasteiger partial charge in [0.25, 0.3) is 5.91 Å². The lowest BCUT2D eigenvalue weighted by atomic mass is 9.95. The van der Waals surface area contributed by atoms with E-state index in [9.17, 15) is 57.1 Å². The van der Waals surface area contributed by atoms with Crippen LogP contribution < -0.4 is 5.32 Å². The van der Waals surface area contributed by atoms with Crippen molar-refractivity contribution in [1.29, 1.82) is 0 Å². The molecule has 4 nitrogen and oxygen atoms in total. The van der Waals surface area contributed by atoms with E-state index >= 15 is 0 Å². The molecule has 0 saturated carbocycles. The lowest BCUT2D eigenvalue weighted by Gasteiger charge is -2.19. The van der Waals surface area contributed by atoms with Gasteiger partial charge in [0.2, 0.25) is 0 Å². The third-order valence-electron chi connectivity index (χ3n) is 5.02. The predicted molar refractivity (Wildman–Crippen MR) is 130 cm³/mol. The Kier molecular flexibility index (Phi) is 10.4. The van der Waals surface area contributed by atoms with Crippen LogP contribution in [0.5, 0.6) is 0 Å². The second-order valence-corrected chi connectivity index (χ2v) is 12.0. The average Bonchev–Trinajstić information content (AvgIpc) is 2.72. The maximum Gasteiger partial charge on any atom is 0.417 e. The van der Waals surface area contributed by atoms with Crippen molar-refractivity contribution in [3.05, 3.63) is 74.2 Å². The van der Waals surface area contributed by atoms with Crippen molar-refractivity contribution in [1.82, 2.24) is 5.32 Å². The Labute approximate surface area is 234 Å². The second kappa shape index (κ2) is 12.3. The highest BCUT2D eigenvalue weighted by Gasteiger charge is 2.41. The molecule has 17 heteroatoms. The van der Waals surface area contributed by atoms with Gasteiger partial charge in [0.05, 0.1) is 16.9 Å². The summed E-state index contributed by atoms with van der Waals surface area (Å²) in [6.45, 7) is 0.932. The van der Waals surface area contributed by atoms with Gasteiger partial charge in [0, 0.05) is 21.1 Å². The van der Waals surface area contributed by atoms with E-state index in [-0.39, 0.29) is 21.6 Å². The Morgan fingerprint density at radius 3 is 2.12 bits per heavy atom. The van der Waals surface area contributed by atoms with Crippen LogP contribution in [-0.4, -0.2) is 44.2 Å². The third kappa shape index (κ3) is 9.94. The van der Waals surface area contributed by atoms with Crippen LogP contribution >= 0.6 is 27.5 Å². The molecule has 0 aliphatic carbocycles. The molecule has 0 heterocycles. The number of carbonyl (C=O) groups is 1. The van der Waals surface area contributed by atoms with Crippen molar-refractivity contribution in [2.75, 3.05) is 11.5 Å². The summed E-state index contributed by atoms with van der Waals surface area (Å²) in [7, 11) is -4.80. The molecule has 2 aromatic rings. The Hall–Kier alpha value is -2.33. The number of halogens is 12. The van der Waals surface area contributed by atoms with E-state index in [1.807, 2.05) is 5.32 Å². The van der Waals surface area contributed by atoms with E-state index in [1.54, 1.807) is 0 Å². The third-order valence-corrected chi connectivity index (χ3v) is 7.47. The van der Waals surface area contributed by atoms with Gasteiger partial charge in [-0.15, -0.1) is 0 Å². The van der Waals surface area contributed by atoms with E-state index in [4.69, 9.17) is 11.6 Å². The minimum absolute atomic E-state index is 0.0287. The molecule has 2 aromatic carbocycles. The number of rotatable bonds is 8. The Balaban J connectivity index is 2.44. The first kappa shape index (κ1) is 33.9. The molecule has 0 spiro atoms. The van der Waals surface area contributed by atoms with Crippen LogP contribution in [0.4, 0.5) is 43.9 Å². The fourth-order valence-corrected chi connectivity index (χ4v) is 5.88. The van der Waals surface area contributed by atoms with Crippen molar-refractivity contribution in [3.63, 3.8) is 0 Å².